The van der Waals surface area contributed by atoms with E-state index in [1.165, 1.54) is 69.2 Å². The Morgan fingerprint density at radius 2 is 1.54 bits per heavy atom. The van der Waals surface area contributed by atoms with Crippen molar-refractivity contribution in [3.8, 4) is 12.3 Å². The minimum absolute atomic E-state index is 0.000150. The maximum Gasteiger partial charge on any atom is 0.407 e. The molecule has 4 N–H and O–H groups in total. The summed E-state index contributed by atoms with van der Waals surface area (Å²) >= 11 is 0. The highest BCUT2D eigenvalue weighted by molar-refractivity contribution is 7.51. The number of imidazole rings is 1. The van der Waals surface area contributed by atoms with Gasteiger partial charge in [0.15, 0.2) is 28.7 Å². The van der Waals surface area contributed by atoms with Gasteiger partial charge >= 0.3 is 25.8 Å². The molecule has 4 rings (SSSR count). The minimum atomic E-state index is -4.71. The van der Waals surface area contributed by atoms with Gasteiger partial charge in [-0.1, -0.05) is 140 Å². The highest BCUT2D eigenvalue weighted by Crippen LogP contribution is 2.49. The number of anilines is 1. The van der Waals surface area contributed by atoms with Crippen molar-refractivity contribution in [2.24, 2.45) is 0 Å². The van der Waals surface area contributed by atoms with Gasteiger partial charge in [0.1, 0.15) is 25.0 Å². The molecule has 0 bridgehead atoms. The third-order valence-corrected chi connectivity index (χ3v) is 12.4. The molecule has 0 radical (unpaired) electrons. The highest BCUT2D eigenvalue weighted by Gasteiger charge is 2.50. The first-order chi connectivity index (χ1) is 29.4. The van der Waals surface area contributed by atoms with Gasteiger partial charge in [0.25, 0.3) is 0 Å². The molecule has 2 aromatic heterocycles. The summed E-state index contributed by atoms with van der Waals surface area (Å²) in [6.45, 7) is 5.30. The number of carbonyl (C=O) groups excluding carboxylic acids is 2. The summed E-state index contributed by atoms with van der Waals surface area (Å²) < 4.78 is 59.6. The molecule has 0 aliphatic carbocycles. The van der Waals surface area contributed by atoms with Crippen LogP contribution in [-0.2, 0) is 43.8 Å². The van der Waals surface area contributed by atoms with E-state index in [1.54, 1.807) is 24.3 Å². The topological polar surface area (TPSA) is 199 Å². The Balaban J connectivity index is 1.49. The van der Waals surface area contributed by atoms with Crippen LogP contribution in [0, 0.1) is 18.4 Å². The molecule has 1 unspecified atom stereocenters. The number of esters is 2. The largest absolute Gasteiger partial charge is 0.465 e. The number of nitrogens with two attached hydrogens (primary N) is 1. The lowest BCUT2D eigenvalue weighted by Crippen LogP contribution is -2.44. The molecule has 1 aliphatic rings. The lowest BCUT2D eigenvalue weighted by molar-refractivity contribution is -0.152. The summed E-state index contributed by atoms with van der Waals surface area (Å²) in [4.78, 5) is 38.4. The predicted octanol–water partition coefficient (Wildman–Crippen LogP) is 8.30. The SMILES string of the molecule is C#C[C@]1(COP(=O)(N[C@@H](Cc2ccccc2)C(=O)OCCCCCCCCCC)O[C@@H](C)C(=O)OCCCCCCCCCC)O[C@@H](n2cnc3c(N)nc(F)nc32)C[C@@H]1O. The first-order valence-electron chi connectivity index (χ1n) is 22.0. The molecule has 3 heterocycles. The average Bonchev–Trinajstić information content (AvgIpc) is 3.82. The summed E-state index contributed by atoms with van der Waals surface area (Å²) in [5, 5.41) is 14.1. The van der Waals surface area contributed by atoms with E-state index in [0.717, 1.165) is 44.1 Å². The number of nitrogens with one attached hydrogen (secondary N) is 1. The second kappa shape index (κ2) is 25.8. The number of hydrogen-bond donors (Lipinski definition) is 3. The van der Waals surface area contributed by atoms with Crippen molar-refractivity contribution in [2.75, 3.05) is 25.6 Å². The zero-order chi connectivity index (χ0) is 44.1. The van der Waals surface area contributed by atoms with Gasteiger partial charge in [-0.25, -0.2) is 19.4 Å². The van der Waals surface area contributed by atoms with Crippen LogP contribution >= 0.6 is 7.75 Å². The lowest BCUT2D eigenvalue weighted by Gasteiger charge is -2.31. The number of halogens is 1. The van der Waals surface area contributed by atoms with E-state index >= 15 is 0 Å². The van der Waals surface area contributed by atoms with Gasteiger partial charge < -0.3 is 25.1 Å². The number of nitrogens with zero attached hydrogens (tertiary/aromatic N) is 4. The van der Waals surface area contributed by atoms with E-state index in [-0.39, 0.29) is 43.0 Å². The maximum atomic E-state index is 14.9. The molecule has 0 spiro atoms. The van der Waals surface area contributed by atoms with Crippen LogP contribution in [0.1, 0.15) is 142 Å². The molecule has 1 saturated heterocycles. The summed E-state index contributed by atoms with van der Waals surface area (Å²) in [7, 11) is -4.71. The molecule has 1 aliphatic heterocycles. The van der Waals surface area contributed by atoms with Crippen molar-refractivity contribution in [3.05, 3.63) is 48.3 Å². The first kappa shape index (κ1) is 49.7. The predicted molar refractivity (Wildman–Crippen MR) is 230 cm³/mol. The van der Waals surface area contributed by atoms with Gasteiger partial charge in [-0.15, -0.1) is 6.42 Å². The third-order valence-electron chi connectivity index (χ3n) is 10.7. The van der Waals surface area contributed by atoms with E-state index in [4.69, 9.17) is 35.4 Å². The fourth-order valence-corrected chi connectivity index (χ4v) is 8.77. The number of terminal acetylenes is 1. The maximum absolute atomic E-state index is 14.9. The second-order valence-corrected chi connectivity index (χ2v) is 17.5. The molecule has 61 heavy (non-hydrogen) atoms. The molecule has 0 saturated carbocycles. The summed E-state index contributed by atoms with van der Waals surface area (Å²) in [6, 6.07) is 7.79. The number of fused-ring (bicyclic) bond motifs is 1. The molecule has 6 atom stereocenters. The number of nitrogen functional groups attached to an aromatic ring is 1. The number of benzene rings is 1. The van der Waals surface area contributed by atoms with Gasteiger partial charge in [0.05, 0.1) is 19.5 Å². The van der Waals surface area contributed by atoms with Crippen LogP contribution in [0.2, 0.25) is 0 Å². The molecule has 17 heteroatoms. The zero-order valence-electron chi connectivity index (χ0n) is 36.1. The smallest absolute Gasteiger partial charge is 0.407 e. The fourth-order valence-electron chi connectivity index (χ4n) is 7.13. The lowest BCUT2D eigenvalue weighted by atomic mass is 9.99. The van der Waals surface area contributed by atoms with Crippen LogP contribution in [-0.4, -0.2) is 80.2 Å². The van der Waals surface area contributed by atoms with Crippen molar-refractivity contribution in [1.29, 1.82) is 0 Å². The number of aliphatic hydroxyl groups excluding tert-OH is 1. The summed E-state index contributed by atoms with van der Waals surface area (Å²) in [6.07, 6.45) is 19.1. The van der Waals surface area contributed by atoms with Crippen molar-refractivity contribution in [3.63, 3.8) is 0 Å². The molecule has 1 fully saturated rings. The van der Waals surface area contributed by atoms with E-state index < -0.39 is 62.4 Å². The quantitative estimate of drug-likeness (QED) is 0.0190. The fraction of sp³-hybridized carbons (Fsp3) is 0.659. The number of carbonyl (C=O) groups is 2. The Bertz CT molecular complexity index is 1880. The molecule has 3 aromatic rings. The Morgan fingerprint density at radius 3 is 2.13 bits per heavy atom. The van der Waals surface area contributed by atoms with Gasteiger partial charge in [-0.05, 0) is 31.7 Å². The number of aliphatic hydroxyl groups is 1. The number of ether oxygens (including phenoxy) is 3. The minimum Gasteiger partial charge on any atom is -0.465 e. The van der Waals surface area contributed by atoms with Crippen LogP contribution in [0.5, 0.6) is 0 Å². The van der Waals surface area contributed by atoms with Crippen LogP contribution < -0.4 is 10.8 Å². The average molecular weight is 873 g/mol. The Morgan fingerprint density at radius 1 is 0.967 bits per heavy atom. The van der Waals surface area contributed by atoms with Gasteiger partial charge in [-0.3, -0.25) is 18.4 Å². The number of hydrogen-bond acceptors (Lipinski definition) is 13. The monoisotopic (exact) mass is 872 g/mol. The van der Waals surface area contributed by atoms with Crippen LogP contribution in [0.4, 0.5) is 10.2 Å². The number of unbranched alkanes of at least 4 members (excludes halogenated alkanes) is 14. The molecule has 338 valence electrons. The zero-order valence-corrected chi connectivity index (χ0v) is 37.0. The van der Waals surface area contributed by atoms with Gasteiger partial charge in [0.2, 0.25) is 0 Å². The van der Waals surface area contributed by atoms with Crippen LogP contribution in [0.15, 0.2) is 36.7 Å². The number of aromatic nitrogens is 4. The number of rotatable bonds is 30. The van der Waals surface area contributed by atoms with E-state index in [1.807, 2.05) is 6.07 Å². The highest BCUT2D eigenvalue weighted by atomic mass is 31.2. The molecule has 1 aromatic carbocycles. The normalized spacial score (nSPS) is 19.6. The van der Waals surface area contributed by atoms with Gasteiger partial charge in [0, 0.05) is 6.42 Å². The standard InChI is InChI=1S/C44H66FN6O9P/c1-5-8-10-12-14-16-18-23-27-56-41(53)33(4)60-61(55,50-35(29-34-25-21-20-22-26-34)42(54)57-28-24-19-17-15-13-11-9-6-2)58-31-44(7-3)36(52)30-37(59-44)51-32-47-38-39(46)48-43(45)49-40(38)51/h3,20-22,25-26,32-33,35-37,52H,5-6,8-19,23-24,27-31H2,1-2,4H3,(H,50,55)(H2,46,48,49)/t33-,35-,36-,37+,44+,61?/m0/s1. The van der Waals surface area contributed by atoms with E-state index in [0.29, 0.717) is 12.8 Å². The Labute approximate surface area is 360 Å². The van der Waals surface area contributed by atoms with E-state index in [2.05, 4.69) is 39.8 Å². The van der Waals surface area contributed by atoms with Crippen LogP contribution in [0.25, 0.3) is 11.2 Å². The third kappa shape index (κ3) is 15.7. The first-order valence-corrected chi connectivity index (χ1v) is 23.6. The second-order valence-electron chi connectivity index (χ2n) is 15.7. The van der Waals surface area contributed by atoms with Crippen molar-refractivity contribution in [2.45, 2.75) is 166 Å². The Kier molecular flexibility index (Phi) is 21.0. The van der Waals surface area contributed by atoms with Crippen molar-refractivity contribution in [1.82, 2.24) is 24.6 Å². The summed E-state index contributed by atoms with van der Waals surface area (Å²) in [5.74, 6) is 0.746. The molecule has 0 amide bonds. The molecular formula is C44H66FN6O9P. The summed E-state index contributed by atoms with van der Waals surface area (Å²) in [5.41, 5.74) is 4.74. The molecule has 15 nitrogen and oxygen atoms in total. The Hall–Kier alpha value is -3.97. The van der Waals surface area contributed by atoms with Gasteiger partial charge in [-0.2, -0.15) is 14.4 Å². The molecular weight excluding hydrogens is 806 g/mol. The van der Waals surface area contributed by atoms with Crippen molar-refractivity contribution >= 4 is 36.7 Å². The van der Waals surface area contributed by atoms with Crippen LogP contribution in [0.3, 0.4) is 0 Å². The van der Waals surface area contributed by atoms with E-state index in [9.17, 15) is 23.7 Å². The van der Waals surface area contributed by atoms with Crippen molar-refractivity contribution < 1.29 is 46.9 Å².